The fraction of sp³-hybridized carbons (Fsp3) is 0.192. The number of hydrogen-bond acceptors (Lipinski definition) is 4. The van der Waals surface area contributed by atoms with Gasteiger partial charge in [0.25, 0.3) is 0 Å². The average molecular weight is 448 g/mol. The van der Waals surface area contributed by atoms with E-state index in [0.717, 1.165) is 33.3 Å². The summed E-state index contributed by atoms with van der Waals surface area (Å²) < 4.78 is 14.1. The molecule has 1 heterocycles. The normalized spacial score (nSPS) is 20.2. The highest BCUT2D eigenvalue weighted by atomic mass is 35.5. The number of aromatic nitrogens is 1. The number of aliphatic hydroxyl groups is 1. The number of anilines is 1. The Labute approximate surface area is 190 Å². The molecule has 1 saturated carbocycles. The van der Waals surface area contributed by atoms with E-state index in [1.165, 1.54) is 6.07 Å². The lowest BCUT2D eigenvalue weighted by Gasteiger charge is -2.42. The maximum absolute atomic E-state index is 14.1. The molecular formula is C26H23ClFN3O. The summed E-state index contributed by atoms with van der Waals surface area (Å²) in [7, 11) is 0. The van der Waals surface area contributed by atoms with E-state index in [9.17, 15) is 9.50 Å². The Morgan fingerprint density at radius 2 is 1.78 bits per heavy atom. The maximum Gasteiger partial charge on any atom is 0.128 e. The fourth-order valence-electron chi connectivity index (χ4n) is 4.36. The molecular weight excluding hydrogens is 425 g/mol. The standard InChI is InChI=1S/C26H23ClFN3O/c27-22-15-30-24-10-7-17(16-5-8-19(9-6-16)26(29)12-20(32)13-26)11-21(24)25(22)31-14-18-3-1-2-4-23(18)28/h1-11,15,20,32H,12-14,29H2,(H,30,31). The first kappa shape index (κ1) is 20.9. The molecule has 0 bridgehead atoms. The molecule has 1 aliphatic rings. The van der Waals surface area contributed by atoms with Crippen LogP contribution in [0.3, 0.4) is 0 Å². The third-order valence-electron chi connectivity index (χ3n) is 6.23. The molecule has 4 nitrogen and oxygen atoms in total. The minimum atomic E-state index is -0.442. The highest BCUT2D eigenvalue weighted by Crippen LogP contribution is 2.40. The van der Waals surface area contributed by atoms with Gasteiger partial charge in [-0.1, -0.05) is 60.1 Å². The van der Waals surface area contributed by atoms with Crippen LogP contribution in [0.5, 0.6) is 0 Å². The van der Waals surface area contributed by atoms with Gasteiger partial charge in [0.1, 0.15) is 5.82 Å². The Morgan fingerprint density at radius 3 is 2.50 bits per heavy atom. The molecule has 0 unspecified atom stereocenters. The number of halogens is 2. The molecule has 4 aromatic rings. The molecule has 5 rings (SSSR count). The van der Waals surface area contributed by atoms with Gasteiger partial charge in [-0.15, -0.1) is 0 Å². The van der Waals surface area contributed by atoms with Crippen LogP contribution in [0.2, 0.25) is 5.02 Å². The number of rotatable bonds is 5. The molecule has 0 saturated heterocycles. The van der Waals surface area contributed by atoms with E-state index in [4.69, 9.17) is 17.3 Å². The molecule has 6 heteroatoms. The number of nitrogens with one attached hydrogen (secondary N) is 1. The van der Waals surface area contributed by atoms with Gasteiger partial charge in [-0.25, -0.2) is 4.39 Å². The number of nitrogens with two attached hydrogens (primary N) is 1. The van der Waals surface area contributed by atoms with Crippen LogP contribution in [0.4, 0.5) is 10.1 Å². The quantitative estimate of drug-likeness (QED) is 0.371. The van der Waals surface area contributed by atoms with E-state index in [1.807, 2.05) is 48.5 Å². The third kappa shape index (κ3) is 3.84. The molecule has 1 aliphatic carbocycles. The summed E-state index contributed by atoms with van der Waals surface area (Å²) in [4.78, 5) is 4.43. The summed E-state index contributed by atoms with van der Waals surface area (Å²) in [6.45, 7) is 0.314. The molecule has 0 atom stereocenters. The molecule has 0 spiro atoms. The van der Waals surface area contributed by atoms with Crippen LogP contribution >= 0.6 is 11.6 Å². The molecule has 1 fully saturated rings. The second-order valence-electron chi connectivity index (χ2n) is 8.45. The van der Waals surface area contributed by atoms with Crippen LogP contribution in [-0.2, 0) is 12.1 Å². The summed E-state index contributed by atoms with van der Waals surface area (Å²) in [5.74, 6) is -0.257. The van der Waals surface area contributed by atoms with Crippen molar-refractivity contribution in [1.29, 1.82) is 0 Å². The Morgan fingerprint density at radius 1 is 1.06 bits per heavy atom. The largest absolute Gasteiger partial charge is 0.393 e. The van der Waals surface area contributed by atoms with Crippen LogP contribution in [0.15, 0.2) is 72.9 Å². The second-order valence-corrected chi connectivity index (χ2v) is 8.86. The monoisotopic (exact) mass is 447 g/mol. The predicted octanol–water partition coefficient (Wildman–Crippen LogP) is 5.62. The number of benzene rings is 3. The van der Waals surface area contributed by atoms with Gasteiger partial charge >= 0.3 is 0 Å². The Balaban J connectivity index is 1.46. The van der Waals surface area contributed by atoms with Gasteiger partial charge < -0.3 is 16.2 Å². The Kier molecular flexibility index (Phi) is 5.33. The fourth-order valence-corrected chi connectivity index (χ4v) is 4.58. The molecule has 4 N–H and O–H groups in total. The van der Waals surface area contributed by atoms with Crippen molar-refractivity contribution < 1.29 is 9.50 Å². The summed E-state index contributed by atoms with van der Waals surface area (Å²) in [6.07, 6.45) is 2.47. The first-order valence-corrected chi connectivity index (χ1v) is 10.9. The van der Waals surface area contributed by atoms with Crippen LogP contribution in [0.1, 0.15) is 24.0 Å². The number of pyridine rings is 1. The zero-order valence-corrected chi connectivity index (χ0v) is 18.1. The second kappa shape index (κ2) is 8.17. The van der Waals surface area contributed by atoms with Crippen molar-refractivity contribution >= 4 is 28.2 Å². The zero-order chi connectivity index (χ0) is 22.3. The highest BCUT2D eigenvalue weighted by molar-refractivity contribution is 6.34. The van der Waals surface area contributed by atoms with Gasteiger partial charge in [-0.3, -0.25) is 4.98 Å². The summed E-state index contributed by atoms with van der Waals surface area (Å²) >= 11 is 6.46. The van der Waals surface area contributed by atoms with Crippen LogP contribution in [-0.4, -0.2) is 16.2 Å². The van der Waals surface area contributed by atoms with E-state index in [2.05, 4.69) is 10.3 Å². The SMILES string of the molecule is NC1(c2ccc(-c3ccc4ncc(Cl)c(NCc5ccccc5F)c4c3)cc2)CC(O)C1. The van der Waals surface area contributed by atoms with Crippen LogP contribution in [0.25, 0.3) is 22.0 Å². The smallest absolute Gasteiger partial charge is 0.128 e. The van der Waals surface area contributed by atoms with Crippen LogP contribution < -0.4 is 11.1 Å². The number of fused-ring (bicyclic) bond motifs is 1. The predicted molar refractivity (Wildman–Crippen MR) is 127 cm³/mol. The van der Waals surface area contributed by atoms with E-state index >= 15 is 0 Å². The van der Waals surface area contributed by atoms with E-state index < -0.39 is 5.54 Å². The molecule has 1 aromatic heterocycles. The van der Waals surface area contributed by atoms with Crippen molar-refractivity contribution in [3.05, 3.63) is 94.9 Å². The lowest BCUT2D eigenvalue weighted by atomic mass is 9.70. The van der Waals surface area contributed by atoms with Gasteiger partial charge in [-0.05, 0) is 47.7 Å². The molecule has 0 aliphatic heterocycles. The van der Waals surface area contributed by atoms with Gasteiger partial charge in [-0.2, -0.15) is 0 Å². The topological polar surface area (TPSA) is 71.2 Å². The van der Waals surface area contributed by atoms with E-state index in [-0.39, 0.29) is 11.9 Å². The van der Waals surface area contributed by atoms with Crippen molar-refractivity contribution in [2.24, 2.45) is 5.73 Å². The lowest BCUT2D eigenvalue weighted by Crippen LogP contribution is -2.51. The zero-order valence-electron chi connectivity index (χ0n) is 17.4. The number of hydrogen-bond donors (Lipinski definition) is 3. The van der Waals surface area contributed by atoms with Crippen molar-refractivity contribution in [3.63, 3.8) is 0 Å². The van der Waals surface area contributed by atoms with Crippen molar-refractivity contribution in [1.82, 2.24) is 4.98 Å². The summed E-state index contributed by atoms with van der Waals surface area (Å²) in [5, 5.41) is 14.3. The average Bonchev–Trinajstić information content (AvgIpc) is 2.78. The molecule has 0 amide bonds. The highest BCUT2D eigenvalue weighted by Gasteiger charge is 2.41. The first-order valence-electron chi connectivity index (χ1n) is 10.6. The maximum atomic E-state index is 14.1. The van der Waals surface area contributed by atoms with Gasteiger partial charge in [0.05, 0.1) is 22.3 Å². The van der Waals surface area contributed by atoms with Gasteiger partial charge in [0, 0.05) is 29.2 Å². The molecule has 3 aromatic carbocycles. The minimum absolute atomic E-state index is 0.257. The lowest BCUT2D eigenvalue weighted by molar-refractivity contribution is 0.0209. The van der Waals surface area contributed by atoms with E-state index in [1.54, 1.807) is 18.3 Å². The van der Waals surface area contributed by atoms with Gasteiger partial charge in [0.2, 0.25) is 0 Å². The summed E-state index contributed by atoms with van der Waals surface area (Å²) in [5.41, 5.74) is 11.1. The number of nitrogens with zero attached hydrogens (tertiary/aromatic N) is 1. The van der Waals surface area contributed by atoms with Crippen molar-refractivity contribution in [3.8, 4) is 11.1 Å². The van der Waals surface area contributed by atoms with Crippen LogP contribution in [0, 0.1) is 5.82 Å². The third-order valence-corrected chi connectivity index (χ3v) is 6.51. The molecule has 162 valence electrons. The Hall–Kier alpha value is -2.99. The molecule has 0 radical (unpaired) electrons. The van der Waals surface area contributed by atoms with Gasteiger partial charge in [0.15, 0.2) is 0 Å². The summed E-state index contributed by atoms with van der Waals surface area (Å²) in [6, 6.07) is 20.8. The van der Waals surface area contributed by atoms with Crippen molar-refractivity contribution in [2.45, 2.75) is 31.0 Å². The number of aliphatic hydroxyl groups excluding tert-OH is 1. The molecule has 32 heavy (non-hydrogen) atoms. The minimum Gasteiger partial charge on any atom is -0.393 e. The Bertz CT molecular complexity index is 1290. The van der Waals surface area contributed by atoms with E-state index in [0.29, 0.717) is 30.0 Å². The van der Waals surface area contributed by atoms with Crippen molar-refractivity contribution in [2.75, 3.05) is 5.32 Å². The first-order chi connectivity index (χ1) is 15.4.